The normalized spacial score (nSPS) is 24.1. The summed E-state index contributed by atoms with van der Waals surface area (Å²) in [6.45, 7) is 1.34. The maximum absolute atomic E-state index is 12.9. The van der Waals surface area contributed by atoms with Crippen LogP contribution in [0.4, 0.5) is 10.8 Å². The lowest BCUT2D eigenvalue weighted by Gasteiger charge is -2.41. The van der Waals surface area contributed by atoms with Gasteiger partial charge in [0.2, 0.25) is 5.91 Å². The number of thiazole rings is 1. The van der Waals surface area contributed by atoms with E-state index < -0.39 is 0 Å². The predicted molar refractivity (Wildman–Crippen MR) is 152 cm³/mol. The van der Waals surface area contributed by atoms with Gasteiger partial charge < -0.3 is 20.1 Å². The van der Waals surface area contributed by atoms with E-state index in [1.807, 2.05) is 12.1 Å². The number of fused-ring (bicyclic) bond motifs is 2. The average Bonchev–Trinajstić information content (AvgIpc) is 3.65. The van der Waals surface area contributed by atoms with Gasteiger partial charge in [-0.1, -0.05) is 35.6 Å². The number of anilines is 2. The molecule has 4 aromatic rings. The number of hydrogen-bond acceptors (Lipinski definition) is 8. The molecule has 2 atom stereocenters. The second-order valence-electron chi connectivity index (χ2n) is 10.8. The van der Waals surface area contributed by atoms with Gasteiger partial charge in [-0.05, 0) is 67.9 Å². The van der Waals surface area contributed by atoms with Crippen LogP contribution in [-0.2, 0) is 22.6 Å². The summed E-state index contributed by atoms with van der Waals surface area (Å²) < 4.78 is 6.80. The van der Waals surface area contributed by atoms with E-state index in [2.05, 4.69) is 55.5 Å². The van der Waals surface area contributed by atoms with Gasteiger partial charge >= 0.3 is 0 Å². The molecule has 2 fully saturated rings. The van der Waals surface area contributed by atoms with Crippen molar-refractivity contribution in [2.24, 2.45) is 5.92 Å². The van der Waals surface area contributed by atoms with Crippen molar-refractivity contribution in [3.63, 3.8) is 0 Å². The zero-order chi connectivity index (χ0) is 26.3. The highest BCUT2D eigenvalue weighted by Gasteiger charge is 2.40. The fraction of sp³-hybridized carbons (Fsp3) is 0.400. The van der Waals surface area contributed by atoms with Crippen LogP contribution in [0.3, 0.4) is 0 Å². The Morgan fingerprint density at radius 1 is 1.10 bits per heavy atom. The van der Waals surface area contributed by atoms with Gasteiger partial charge in [0.25, 0.3) is 0 Å². The number of amides is 1. The predicted octanol–water partition coefficient (Wildman–Crippen LogP) is 4.96. The van der Waals surface area contributed by atoms with Crippen molar-refractivity contribution in [2.45, 2.75) is 63.4 Å². The summed E-state index contributed by atoms with van der Waals surface area (Å²) in [4.78, 5) is 29.0. The van der Waals surface area contributed by atoms with Gasteiger partial charge in [0, 0.05) is 42.1 Å². The van der Waals surface area contributed by atoms with Crippen LogP contribution in [0.25, 0.3) is 21.3 Å². The van der Waals surface area contributed by atoms with E-state index in [0.717, 1.165) is 66.4 Å². The molecule has 9 heteroatoms. The van der Waals surface area contributed by atoms with E-state index >= 15 is 0 Å². The van der Waals surface area contributed by atoms with Crippen LogP contribution in [0.1, 0.15) is 43.5 Å². The highest BCUT2D eigenvalue weighted by molar-refractivity contribution is 7.22. The fourth-order valence-electron chi connectivity index (χ4n) is 6.03. The minimum Gasteiger partial charge on any atom is -0.390 e. The van der Waals surface area contributed by atoms with Crippen LogP contribution in [0.2, 0.25) is 0 Å². The lowest BCUT2D eigenvalue weighted by molar-refractivity contribution is -0.122. The van der Waals surface area contributed by atoms with Crippen molar-refractivity contribution in [1.29, 1.82) is 0 Å². The second-order valence-corrected chi connectivity index (χ2v) is 11.9. The summed E-state index contributed by atoms with van der Waals surface area (Å²) in [6, 6.07) is 15.1. The average molecular weight is 542 g/mol. The number of nitrogens with zero attached hydrogens (tertiary/aromatic N) is 4. The number of carbonyl (C=O) groups is 1. The van der Waals surface area contributed by atoms with E-state index in [1.165, 1.54) is 22.6 Å². The molecule has 0 spiro atoms. The molecular weight excluding hydrogens is 510 g/mol. The number of ether oxygens (including phenoxy) is 1. The SMILES string of the molecule is O=C(Nc1nc2ccc(-c3cnc(CO[C@H]4CCC[C@@H]4O)nc3)cc2s1)C1CC(N2CCc3ccccc32)C1. The first-order valence-corrected chi connectivity index (χ1v) is 14.6. The highest BCUT2D eigenvalue weighted by Crippen LogP contribution is 2.40. The van der Waals surface area contributed by atoms with E-state index in [-0.39, 0.29) is 24.0 Å². The number of aliphatic hydroxyl groups excluding tert-OH is 1. The summed E-state index contributed by atoms with van der Waals surface area (Å²) in [5, 5.41) is 13.6. The maximum Gasteiger partial charge on any atom is 0.229 e. The van der Waals surface area contributed by atoms with Crippen LogP contribution in [-0.4, -0.2) is 50.8 Å². The number of hydrogen-bond donors (Lipinski definition) is 2. The molecule has 0 radical (unpaired) electrons. The summed E-state index contributed by atoms with van der Waals surface area (Å²) in [5.74, 6) is 0.699. The number of aromatic nitrogens is 3. The molecule has 2 aromatic heterocycles. The highest BCUT2D eigenvalue weighted by atomic mass is 32.1. The number of para-hydroxylation sites is 1. The maximum atomic E-state index is 12.9. The number of aliphatic hydroxyl groups is 1. The van der Waals surface area contributed by atoms with Gasteiger partial charge in [-0.3, -0.25) is 4.79 Å². The molecule has 39 heavy (non-hydrogen) atoms. The lowest BCUT2D eigenvalue weighted by Crippen LogP contribution is -2.47. The first-order chi connectivity index (χ1) is 19.1. The summed E-state index contributed by atoms with van der Waals surface area (Å²) in [6.07, 6.45) is 8.63. The second kappa shape index (κ2) is 10.3. The zero-order valence-corrected chi connectivity index (χ0v) is 22.4. The van der Waals surface area contributed by atoms with E-state index in [1.54, 1.807) is 12.4 Å². The van der Waals surface area contributed by atoms with Crippen LogP contribution in [0.15, 0.2) is 54.9 Å². The summed E-state index contributed by atoms with van der Waals surface area (Å²) >= 11 is 1.49. The number of rotatable bonds is 7. The van der Waals surface area contributed by atoms with E-state index in [0.29, 0.717) is 23.6 Å². The topological polar surface area (TPSA) is 100 Å². The Morgan fingerprint density at radius 3 is 2.77 bits per heavy atom. The monoisotopic (exact) mass is 541 g/mol. The largest absolute Gasteiger partial charge is 0.390 e. The van der Waals surface area contributed by atoms with Crippen LogP contribution >= 0.6 is 11.3 Å². The van der Waals surface area contributed by atoms with Crippen molar-refractivity contribution >= 4 is 38.3 Å². The molecule has 8 nitrogen and oxygen atoms in total. The molecule has 2 N–H and O–H groups in total. The number of benzene rings is 2. The zero-order valence-electron chi connectivity index (χ0n) is 21.6. The molecule has 1 amide bonds. The van der Waals surface area contributed by atoms with Crippen LogP contribution in [0, 0.1) is 5.92 Å². The first kappa shape index (κ1) is 24.6. The van der Waals surface area contributed by atoms with Crippen LogP contribution in [0.5, 0.6) is 0 Å². The molecule has 7 rings (SSSR count). The van der Waals surface area contributed by atoms with Gasteiger partial charge in [-0.15, -0.1) is 0 Å². The molecule has 200 valence electrons. The Morgan fingerprint density at radius 2 is 1.95 bits per heavy atom. The Kier molecular flexibility index (Phi) is 6.50. The molecule has 2 aliphatic carbocycles. The Balaban J connectivity index is 0.961. The molecule has 0 unspecified atom stereocenters. The van der Waals surface area contributed by atoms with Crippen molar-refractivity contribution < 1.29 is 14.6 Å². The van der Waals surface area contributed by atoms with Gasteiger partial charge in [-0.2, -0.15) is 0 Å². The summed E-state index contributed by atoms with van der Waals surface area (Å²) in [5.41, 5.74) is 5.51. The van der Waals surface area contributed by atoms with Gasteiger partial charge in [0.05, 0.1) is 22.4 Å². The fourth-order valence-corrected chi connectivity index (χ4v) is 6.93. The first-order valence-electron chi connectivity index (χ1n) is 13.8. The molecule has 3 aliphatic rings. The van der Waals surface area contributed by atoms with Crippen molar-refractivity contribution in [3.05, 3.63) is 66.2 Å². The van der Waals surface area contributed by atoms with Crippen molar-refractivity contribution in [3.8, 4) is 11.1 Å². The Hall–Kier alpha value is -3.40. The molecule has 2 aromatic carbocycles. The van der Waals surface area contributed by atoms with E-state index in [9.17, 15) is 9.90 Å². The smallest absolute Gasteiger partial charge is 0.229 e. The lowest BCUT2D eigenvalue weighted by atomic mass is 9.78. The quantitative estimate of drug-likeness (QED) is 0.341. The molecule has 2 saturated carbocycles. The third-order valence-corrected chi connectivity index (χ3v) is 9.28. The minimum atomic E-state index is -0.385. The summed E-state index contributed by atoms with van der Waals surface area (Å²) in [7, 11) is 0. The Labute approximate surface area is 231 Å². The van der Waals surface area contributed by atoms with E-state index in [4.69, 9.17) is 4.74 Å². The molecular formula is C30H31N5O3S. The molecule has 0 saturated heterocycles. The third kappa shape index (κ3) is 4.90. The van der Waals surface area contributed by atoms with Crippen molar-refractivity contribution in [2.75, 3.05) is 16.8 Å². The van der Waals surface area contributed by atoms with Crippen LogP contribution < -0.4 is 10.2 Å². The van der Waals surface area contributed by atoms with Gasteiger partial charge in [0.1, 0.15) is 6.61 Å². The third-order valence-electron chi connectivity index (χ3n) is 8.35. The number of nitrogens with one attached hydrogen (secondary N) is 1. The molecule has 0 bridgehead atoms. The van der Waals surface area contributed by atoms with Gasteiger partial charge in [-0.25, -0.2) is 15.0 Å². The minimum absolute atomic E-state index is 0.0295. The standard InChI is InChI=1S/C30H31N5O3S/c36-25-6-3-7-26(25)38-17-28-31-15-21(16-32-28)19-8-9-23-27(14-19)39-30(33-23)34-29(37)20-12-22(13-20)35-11-10-18-4-1-2-5-24(18)35/h1-2,4-5,8-9,14-16,20,22,25-26,36H,3,6-7,10-13,17H2,(H,33,34,37)/t20?,22?,25-,26-/m0/s1. The molecule has 3 heterocycles. The van der Waals surface area contributed by atoms with Gasteiger partial charge in [0.15, 0.2) is 11.0 Å². The molecule has 1 aliphatic heterocycles. The van der Waals surface area contributed by atoms with Crippen molar-refractivity contribution in [1.82, 2.24) is 15.0 Å². The number of carbonyl (C=O) groups excluding carboxylic acids is 1. The Bertz CT molecular complexity index is 1500.